The molecule has 0 heterocycles. The molecule has 0 aliphatic carbocycles. The van der Waals surface area contributed by atoms with Crippen LogP contribution < -0.4 is 0 Å². The zero-order chi connectivity index (χ0) is 50.5. The molecule has 0 radical (unpaired) electrons. The van der Waals surface area contributed by atoms with Crippen molar-refractivity contribution in [2.45, 2.75) is 195 Å². The Morgan fingerprint density at radius 1 is 0.273 bits per heavy atom. The van der Waals surface area contributed by atoms with E-state index in [2.05, 4.69) is 0 Å². The Kier molecular flexibility index (Phi) is 35.6. The fourth-order valence-corrected chi connectivity index (χ4v) is 22.7. The van der Waals surface area contributed by atoms with Crippen molar-refractivity contribution in [2.75, 3.05) is 79.3 Å². The topological polar surface area (TPSA) is 213 Å². The first-order valence-electron chi connectivity index (χ1n) is 24.6. The van der Waals surface area contributed by atoms with Crippen LogP contribution in [-0.2, 0) is 81.7 Å². The Morgan fingerprint density at radius 2 is 0.515 bits per heavy atom. The van der Waals surface area contributed by atoms with Crippen LogP contribution in [0.3, 0.4) is 0 Å². The average Bonchev–Trinajstić information content (AvgIpc) is 3.24. The van der Waals surface area contributed by atoms with Gasteiger partial charge in [-0.05, 0) is 122 Å². The van der Waals surface area contributed by atoms with E-state index in [4.69, 9.17) is 54.3 Å². The molecule has 18 nitrogen and oxygen atoms in total. The first kappa shape index (κ1) is 66.9. The van der Waals surface area contributed by atoms with Gasteiger partial charge in [-0.3, -0.25) is 27.4 Å². The molecular formula is C42H92O18P6. The van der Waals surface area contributed by atoms with Gasteiger partial charge in [0.05, 0.1) is 113 Å². The normalized spacial score (nSPS) is 16.3. The lowest BCUT2D eigenvalue weighted by Gasteiger charge is -2.37. The number of hydrogen-bond donors (Lipinski definition) is 0. The predicted octanol–water partition coefficient (Wildman–Crippen LogP) is 14.7. The van der Waals surface area contributed by atoms with Gasteiger partial charge in [-0.25, -0.2) is 0 Å². The van der Waals surface area contributed by atoms with Crippen LogP contribution in [0.1, 0.15) is 161 Å². The zero-order valence-corrected chi connectivity index (χ0v) is 48.4. The van der Waals surface area contributed by atoms with Gasteiger partial charge in [-0.15, -0.1) is 0 Å². The highest BCUT2D eigenvalue weighted by Crippen LogP contribution is 2.68. The Morgan fingerprint density at radius 3 is 0.879 bits per heavy atom. The molecule has 66 heavy (non-hydrogen) atoms. The lowest BCUT2D eigenvalue weighted by Crippen LogP contribution is -2.32. The van der Waals surface area contributed by atoms with Gasteiger partial charge in [0.1, 0.15) is 0 Å². The van der Waals surface area contributed by atoms with Crippen molar-refractivity contribution in [3.05, 3.63) is 0 Å². The molecule has 0 amide bonds. The first-order valence-corrected chi connectivity index (χ1v) is 34.2. The summed E-state index contributed by atoms with van der Waals surface area (Å²) in [7, 11) is -22.9. The van der Waals surface area contributed by atoms with Crippen molar-refractivity contribution in [2.24, 2.45) is 0 Å². The van der Waals surface area contributed by atoms with Crippen LogP contribution in [0.2, 0.25) is 0 Å². The summed E-state index contributed by atoms with van der Waals surface area (Å²) in [5.74, 6) is 0. The third-order valence-corrected chi connectivity index (χ3v) is 27.2. The van der Waals surface area contributed by atoms with Gasteiger partial charge < -0.3 is 54.3 Å². The van der Waals surface area contributed by atoms with Crippen molar-refractivity contribution in [3.63, 3.8) is 0 Å². The highest BCUT2D eigenvalue weighted by Gasteiger charge is 2.52. The average molecular weight is 1070 g/mol. The van der Waals surface area contributed by atoms with Crippen LogP contribution in [0.5, 0.6) is 0 Å². The molecule has 0 saturated heterocycles. The molecule has 0 bridgehead atoms. The van der Waals surface area contributed by atoms with Gasteiger partial charge in [0, 0.05) is 0 Å². The van der Waals surface area contributed by atoms with E-state index < -0.39 is 79.5 Å². The quantitative estimate of drug-likeness (QED) is 0.0409. The second-order valence-electron chi connectivity index (χ2n) is 15.3. The standard InChI is InChI=1S/C42H92O18P6/c1-15-49-61(43,50-16-2)37(13)31-29-33-39(63(45,53-19-5)54-20-6)32-27-28-34-41(65(47,57-23-9)58-24-10)42(66(48,59-25-11)60-26-12)36-30-35-40(64(46,55-21-7)56-22-8)38(14)62(44,51-17-3)52-18-4/h37-42H,15-36H2,1-14H3. The molecule has 0 saturated carbocycles. The smallest absolute Gasteiger partial charge is 0.309 e. The van der Waals surface area contributed by atoms with Gasteiger partial charge in [0.15, 0.2) is 0 Å². The van der Waals surface area contributed by atoms with Crippen LogP contribution in [0.25, 0.3) is 0 Å². The molecule has 0 spiro atoms. The molecule has 0 aliphatic rings. The second-order valence-corrected chi connectivity index (χ2v) is 29.3. The molecule has 0 rings (SSSR count). The third-order valence-electron chi connectivity index (χ3n) is 10.9. The first-order chi connectivity index (χ1) is 31.2. The monoisotopic (exact) mass is 1070 g/mol. The van der Waals surface area contributed by atoms with Crippen LogP contribution >= 0.6 is 45.6 Å². The van der Waals surface area contributed by atoms with E-state index in [1.165, 1.54) is 0 Å². The molecule has 24 heteroatoms. The van der Waals surface area contributed by atoms with Crippen LogP contribution in [0.4, 0.5) is 0 Å². The molecule has 398 valence electrons. The fourth-order valence-electron chi connectivity index (χ4n) is 8.19. The maximum absolute atomic E-state index is 15.1. The van der Waals surface area contributed by atoms with E-state index in [0.717, 1.165) is 0 Å². The Balaban J connectivity index is 7.28. The van der Waals surface area contributed by atoms with Gasteiger partial charge in [-0.2, -0.15) is 0 Å². The van der Waals surface area contributed by atoms with E-state index in [1.54, 1.807) is 90.0 Å². The minimum atomic E-state index is -4.09. The largest absolute Gasteiger partial charge is 0.334 e. The SMILES string of the molecule is CCOP(=O)(OCC)C(C)CCCC(CCCCC(C(CCCC(C(C)P(=O)(OCC)OCC)P(=O)(OCC)OCC)P(=O)(OCC)OCC)P(=O)(OCC)OCC)P(=O)(OCC)OCC. The minimum Gasteiger partial charge on any atom is -0.309 e. The molecule has 0 aliphatic heterocycles. The molecule has 6 unspecified atom stereocenters. The number of hydrogen-bond acceptors (Lipinski definition) is 18. The maximum atomic E-state index is 15.1. The van der Waals surface area contributed by atoms with Crippen LogP contribution in [0, 0.1) is 0 Å². The van der Waals surface area contributed by atoms with E-state index in [0.29, 0.717) is 38.5 Å². The lowest BCUT2D eigenvalue weighted by atomic mass is 10.0. The Bertz CT molecular complexity index is 1510. The fraction of sp³-hybridized carbons (Fsp3) is 1.00. The second kappa shape index (κ2) is 35.1. The summed E-state index contributed by atoms with van der Waals surface area (Å²) < 4.78 is 157. The van der Waals surface area contributed by atoms with Crippen LogP contribution in [0.15, 0.2) is 0 Å². The summed E-state index contributed by atoms with van der Waals surface area (Å²) in [4.78, 5) is 0. The van der Waals surface area contributed by atoms with E-state index >= 15 is 9.13 Å². The highest BCUT2D eigenvalue weighted by molar-refractivity contribution is 7.60. The Hall–Kier alpha value is 0.900. The van der Waals surface area contributed by atoms with Gasteiger partial charge in [-0.1, -0.05) is 39.5 Å². The van der Waals surface area contributed by atoms with Gasteiger partial charge in [0.2, 0.25) is 0 Å². The van der Waals surface area contributed by atoms with Crippen molar-refractivity contribution in [3.8, 4) is 0 Å². The maximum Gasteiger partial charge on any atom is 0.334 e. The summed E-state index contributed by atoms with van der Waals surface area (Å²) in [5.41, 5.74) is -4.86. The van der Waals surface area contributed by atoms with Gasteiger partial charge in [0.25, 0.3) is 0 Å². The summed E-state index contributed by atoms with van der Waals surface area (Å²) >= 11 is 0. The van der Waals surface area contributed by atoms with Crippen molar-refractivity contribution in [1.82, 2.24) is 0 Å². The lowest BCUT2D eigenvalue weighted by molar-refractivity contribution is 0.188. The third kappa shape index (κ3) is 21.2. The zero-order valence-electron chi connectivity index (χ0n) is 43.1. The number of unbranched alkanes of at least 4 members (excludes halogenated alkanes) is 1. The Labute approximate surface area is 400 Å². The van der Waals surface area contributed by atoms with E-state index in [-0.39, 0.29) is 105 Å². The molecular weight excluding hydrogens is 978 g/mol. The number of rotatable bonds is 45. The molecule has 0 aromatic carbocycles. The van der Waals surface area contributed by atoms with Crippen molar-refractivity contribution >= 4 is 45.6 Å². The molecule has 0 N–H and O–H groups in total. The summed E-state index contributed by atoms with van der Waals surface area (Å²) in [6.07, 6.45) is 3.35. The van der Waals surface area contributed by atoms with Crippen molar-refractivity contribution < 1.29 is 81.7 Å². The molecule has 0 aromatic rings. The van der Waals surface area contributed by atoms with Crippen LogP contribution in [-0.4, -0.2) is 113 Å². The summed E-state index contributed by atoms with van der Waals surface area (Å²) in [6, 6.07) is 0. The molecule has 0 aromatic heterocycles. The summed E-state index contributed by atoms with van der Waals surface area (Å²) in [6.45, 7) is 25.4. The van der Waals surface area contributed by atoms with E-state index in [9.17, 15) is 18.3 Å². The highest BCUT2D eigenvalue weighted by atomic mass is 31.2. The minimum absolute atomic E-state index is 0.0263. The predicted molar refractivity (Wildman–Crippen MR) is 265 cm³/mol. The molecule has 6 atom stereocenters. The van der Waals surface area contributed by atoms with Crippen molar-refractivity contribution in [1.29, 1.82) is 0 Å². The molecule has 0 fully saturated rings. The van der Waals surface area contributed by atoms with Gasteiger partial charge >= 0.3 is 45.6 Å². The summed E-state index contributed by atoms with van der Waals surface area (Å²) in [5, 5.41) is 0. The van der Waals surface area contributed by atoms with E-state index in [1.807, 2.05) is 6.92 Å².